The second kappa shape index (κ2) is 9.40. The monoisotopic (exact) mass is 402 g/mol. The van der Waals surface area contributed by atoms with Gasteiger partial charge < -0.3 is 19.9 Å². The maximum Gasteiger partial charge on any atom is 0.409 e. The summed E-state index contributed by atoms with van der Waals surface area (Å²) in [5, 5.41) is 2.61. The Morgan fingerprint density at radius 1 is 1.07 bits per heavy atom. The Kier molecular flexibility index (Phi) is 6.69. The highest BCUT2D eigenvalue weighted by atomic mass is 16.6. The first-order valence-corrected chi connectivity index (χ1v) is 9.85. The van der Waals surface area contributed by atoms with Crippen molar-refractivity contribution in [1.82, 2.24) is 20.0 Å². The molecule has 0 saturated carbocycles. The number of amides is 5. The van der Waals surface area contributed by atoms with Crippen LogP contribution in [0.4, 0.5) is 9.59 Å². The van der Waals surface area contributed by atoms with Crippen LogP contribution in [0.5, 0.6) is 0 Å². The van der Waals surface area contributed by atoms with Gasteiger partial charge in [-0.15, -0.1) is 0 Å². The number of nitrogens with zero attached hydrogens (tertiary/aromatic N) is 3. The van der Waals surface area contributed by atoms with Crippen LogP contribution in [0.25, 0.3) is 0 Å². The third-order valence-corrected chi connectivity index (χ3v) is 5.11. The Labute approximate surface area is 169 Å². The number of benzene rings is 1. The molecule has 9 nitrogen and oxygen atoms in total. The molecule has 0 aromatic heterocycles. The molecular weight excluding hydrogens is 376 g/mol. The highest BCUT2D eigenvalue weighted by molar-refractivity contribution is 6.05. The van der Waals surface area contributed by atoms with Crippen molar-refractivity contribution in [3.8, 4) is 0 Å². The summed E-state index contributed by atoms with van der Waals surface area (Å²) in [4.78, 5) is 53.4. The summed E-state index contributed by atoms with van der Waals surface area (Å²) in [6, 6.07) is 8.30. The molecule has 2 fully saturated rings. The van der Waals surface area contributed by atoms with E-state index in [0.717, 1.165) is 5.56 Å². The molecule has 0 aliphatic carbocycles. The molecule has 156 valence electrons. The molecule has 2 aliphatic rings. The first-order chi connectivity index (χ1) is 14.0. The molecule has 2 heterocycles. The molecule has 3 rings (SSSR count). The van der Waals surface area contributed by atoms with Crippen molar-refractivity contribution in [1.29, 1.82) is 0 Å². The lowest BCUT2D eigenvalue weighted by Gasteiger charge is -2.34. The van der Waals surface area contributed by atoms with E-state index in [9.17, 15) is 19.2 Å². The standard InChI is InChI=1S/C20H26N4O5/c1-2-29-20(28)23-12-10-22(11-13-23)17(25)14-16-18(26)24(19(27)21-16)9-8-15-6-4-3-5-7-15/h3-7,16H,2,8-14H2,1H3,(H,21,27)/t16-/m0/s1. The summed E-state index contributed by atoms with van der Waals surface area (Å²) in [5.41, 5.74) is 1.03. The molecule has 5 amide bonds. The first kappa shape index (κ1) is 20.6. The van der Waals surface area contributed by atoms with E-state index in [1.54, 1.807) is 16.7 Å². The molecule has 0 spiro atoms. The fourth-order valence-corrected chi connectivity index (χ4v) is 3.47. The lowest BCUT2D eigenvalue weighted by Crippen LogP contribution is -2.51. The second-order valence-corrected chi connectivity index (χ2v) is 7.00. The molecule has 2 saturated heterocycles. The topological polar surface area (TPSA) is 99.3 Å². The van der Waals surface area contributed by atoms with Crippen LogP contribution in [0.2, 0.25) is 0 Å². The van der Waals surface area contributed by atoms with Crippen molar-refractivity contribution in [2.24, 2.45) is 0 Å². The van der Waals surface area contributed by atoms with Gasteiger partial charge in [0.1, 0.15) is 6.04 Å². The van der Waals surface area contributed by atoms with E-state index < -0.39 is 12.1 Å². The molecule has 1 aromatic carbocycles. The fourth-order valence-electron chi connectivity index (χ4n) is 3.47. The van der Waals surface area contributed by atoms with Gasteiger partial charge in [-0.3, -0.25) is 14.5 Å². The lowest BCUT2D eigenvalue weighted by atomic mass is 10.1. The summed E-state index contributed by atoms with van der Waals surface area (Å²) in [6.45, 7) is 3.86. The Morgan fingerprint density at radius 3 is 2.38 bits per heavy atom. The molecule has 0 radical (unpaired) electrons. The fraction of sp³-hybridized carbons (Fsp3) is 0.500. The van der Waals surface area contributed by atoms with Crippen molar-refractivity contribution in [2.75, 3.05) is 39.3 Å². The number of rotatable bonds is 6. The predicted molar refractivity (Wildman–Crippen MR) is 104 cm³/mol. The Hall–Kier alpha value is -3.10. The summed E-state index contributed by atoms with van der Waals surface area (Å²) in [7, 11) is 0. The van der Waals surface area contributed by atoms with Crippen LogP contribution in [-0.2, 0) is 20.7 Å². The van der Waals surface area contributed by atoms with Crippen molar-refractivity contribution in [3.05, 3.63) is 35.9 Å². The Bertz CT molecular complexity index is 761. The van der Waals surface area contributed by atoms with E-state index in [1.165, 1.54) is 4.90 Å². The van der Waals surface area contributed by atoms with E-state index in [2.05, 4.69) is 5.32 Å². The van der Waals surface area contributed by atoms with E-state index >= 15 is 0 Å². The Balaban J connectivity index is 1.48. The second-order valence-electron chi connectivity index (χ2n) is 7.00. The smallest absolute Gasteiger partial charge is 0.409 e. The highest BCUT2D eigenvalue weighted by Crippen LogP contribution is 2.14. The zero-order valence-electron chi connectivity index (χ0n) is 16.5. The average Bonchev–Trinajstić information content (AvgIpc) is 3.00. The number of hydrogen-bond donors (Lipinski definition) is 1. The summed E-state index contributed by atoms with van der Waals surface area (Å²) in [5.74, 6) is -0.582. The number of imide groups is 1. The number of carbonyl (C=O) groups excluding carboxylic acids is 4. The maximum atomic E-state index is 12.6. The van der Waals surface area contributed by atoms with Crippen LogP contribution in [0.1, 0.15) is 18.9 Å². The van der Waals surface area contributed by atoms with E-state index in [0.29, 0.717) is 39.2 Å². The average molecular weight is 402 g/mol. The normalized spacial score (nSPS) is 19.3. The van der Waals surface area contributed by atoms with Gasteiger partial charge in [-0.25, -0.2) is 9.59 Å². The van der Waals surface area contributed by atoms with Crippen LogP contribution in [0, 0.1) is 0 Å². The number of nitrogens with one attached hydrogen (secondary N) is 1. The number of urea groups is 1. The number of piperazine rings is 1. The van der Waals surface area contributed by atoms with Gasteiger partial charge >= 0.3 is 12.1 Å². The molecule has 1 aromatic rings. The van der Waals surface area contributed by atoms with Gasteiger partial charge in [-0.2, -0.15) is 0 Å². The minimum absolute atomic E-state index is 0.0776. The van der Waals surface area contributed by atoms with Crippen LogP contribution in [-0.4, -0.2) is 84.0 Å². The third-order valence-electron chi connectivity index (χ3n) is 5.11. The van der Waals surface area contributed by atoms with Crippen molar-refractivity contribution in [3.63, 3.8) is 0 Å². The molecule has 9 heteroatoms. The predicted octanol–water partition coefficient (Wildman–Crippen LogP) is 0.840. The zero-order chi connectivity index (χ0) is 20.8. The van der Waals surface area contributed by atoms with Crippen molar-refractivity contribution in [2.45, 2.75) is 25.8 Å². The van der Waals surface area contributed by atoms with Crippen LogP contribution < -0.4 is 5.32 Å². The number of carbonyl (C=O) groups is 4. The van der Waals surface area contributed by atoms with Crippen LogP contribution in [0.15, 0.2) is 30.3 Å². The van der Waals surface area contributed by atoms with Crippen molar-refractivity contribution >= 4 is 23.9 Å². The molecule has 2 aliphatic heterocycles. The third kappa shape index (κ3) is 5.04. The van der Waals surface area contributed by atoms with Crippen LogP contribution in [0.3, 0.4) is 0 Å². The lowest BCUT2D eigenvalue weighted by molar-refractivity contribution is -0.136. The van der Waals surface area contributed by atoms with E-state index in [-0.39, 0.29) is 30.9 Å². The quantitative estimate of drug-likeness (QED) is 0.711. The SMILES string of the molecule is CCOC(=O)N1CCN(C(=O)C[C@@H]2NC(=O)N(CCc3ccccc3)C2=O)CC1. The van der Waals surface area contributed by atoms with Gasteiger partial charge in [0.2, 0.25) is 5.91 Å². The maximum absolute atomic E-state index is 12.6. The minimum atomic E-state index is -0.839. The van der Waals surface area contributed by atoms with Gasteiger partial charge in [0.25, 0.3) is 5.91 Å². The van der Waals surface area contributed by atoms with Gasteiger partial charge in [0.15, 0.2) is 0 Å². The van der Waals surface area contributed by atoms with Gasteiger partial charge in [-0.1, -0.05) is 30.3 Å². The number of hydrogen-bond acceptors (Lipinski definition) is 5. The first-order valence-electron chi connectivity index (χ1n) is 9.85. The van der Waals surface area contributed by atoms with Gasteiger partial charge in [-0.05, 0) is 18.9 Å². The van der Waals surface area contributed by atoms with E-state index in [4.69, 9.17) is 4.74 Å². The van der Waals surface area contributed by atoms with Gasteiger partial charge in [0, 0.05) is 32.7 Å². The summed E-state index contributed by atoms with van der Waals surface area (Å²) < 4.78 is 4.96. The molecule has 1 N–H and O–H groups in total. The molecule has 29 heavy (non-hydrogen) atoms. The summed E-state index contributed by atoms with van der Waals surface area (Å²) in [6.07, 6.45) is 0.106. The molecule has 1 atom stereocenters. The van der Waals surface area contributed by atoms with Gasteiger partial charge in [0.05, 0.1) is 13.0 Å². The molecule has 0 bridgehead atoms. The minimum Gasteiger partial charge on any atom is -0.450 e. The summed E-state index contributed by atoms with van der Waals surface area (Å²) >= 11 is 0. The highest BCUT2D eigenvalue weighted by Gasteiger charge is 2.39. The number of ether oxygens (including phenoxy) is 1. The van der Waals surface area contributed by atoms with E-state index in [1.807, 2.05) is 30.3 Å². The van der Waals surface area contributed by atoms with Crippen LogP contribution >= 0.6 is 0 Å². The largest absolute Gasteiger partial charge is 0.450 e. The molecule has 0 unspecified atom stereocenters. The zero-order valence-corrected chi connectivity index (χ0v) is 16.5. The van der Waals surface area contributed by atoms with Crippen molar-refractivity contribution < 1.29 is 23.9 Å². The molecular formula is C20H26N4O5. The Morgan fingerprint density at radius 2 is 1.72 bits per heavy atom.